The molecule has 26 heteroatoms. The molecule has 17 nitrogen and oxygen atoms in total. The van der Waals surface area contributed by atoms with Crippen LogP contribution in [0.2, 0.25) is 15.1 Å². The molecule has 10 aromatic rings. The lowest BCUT2D eigenvalue weighted by Crippen LogP contribution is -2.41. The van der Waals surface area contributed by atoms with Crippen LogP contribution in [0, 0.1) is 0 Å². The molecule has 0 bridgehead atoms. The zero-order valence-electron chi connectivity index (χ0n) is 69.1. The van der Waals surface area contributed by atoms with E-state index in [1.807, 2.05) is 190 Å². The molecule has 1 unspecified atom stereocenters. The summed E-state index contributed by atoms with van der Waals surface area (Å²) in [7, 11) is 2.97. The summed E-state index contributed by atoms with van der Waals surface area (Å²) < 4.78 is 59.6. The highest BCUT2D eigenvalue weighted by atomic mass is 79.9. The first kappa shape index (κ1) is 93.6. The van der Waals surface area contributed by atoms with E-state index in [1.165, 1.54) is 26.0 Å². The van der Waals surface area contributed by atoms with Crippen LogP contribution in [0.3, 0.4) is 0 Å². The van der Waals surface area contributed by atoms with Gasteiger partial charge in [-0.3, -0.25) is 42.2 Å². The fourth-order valence-electron chi connectivity index (χ4n) is 12.0. The van der Waals surface area contributed by atoms with Gasteiger partial charge in [0.05, 0.1) is 27.7 Å². The van der Waals surface area contributed by atoms with E-state index in [0.717, 1.165) is 70.2 Å². The van der Waals surface area contributed by atoms with E-state index in [0.29, 0.717) is 54.4 Å². The Morgan fingerprint density at radius 1 is 0.509 bits per heavy atom. The predicted molar refractivity (Wildman–Crippen MR) is 488 cm³/mol. The number of aryl methyl sites for hydroxylation is 4. The molecular formula is C90H100BBr2Cl3N6O11S3. The van der Waals surface area contributed by atoms with E-state index < -0.39 is 55.7 Å². The van der Waals surface area contributed by atoms with Crippen molar-refractivity contribution in [2.75, 3.05) is 11.5 Å². The van der Waals surface area contributed by atoms with Crippen LogP contribution >= 0.6 is 66.7 Å². The van der Waals surface area contributed by atoms with Gasteiger partial charge in [0.2, 0.25) is 0 Å². The minimum atomic E-state index is -1.32. The van der Waals surface area contributed by atoms with Gasteiger partial charge >= 0.3 is 7.12 Å². The Kier molecular flexibility index (Phi) is 31.7. The predicted octanol–water partition coefficient (Wildman–Crippen LogP) is 18.9. The summed E-state index contributed by atoms with van der Waals surface area (Å²) in [5, 5.41) is 1.87. The van der Waals surface area contributed by atoms with Crippen molar-refractivity contribution in [2.24, 2.45) is 37.6 Å². The average molecular weight is 1820 g/mol. The van der Waals surface area contributed by atoms with Gasteiger partial charge in [-0.15, -0.1) is 0 Å². The quantitative estimate of drug-likeness (QED) is 0.0534. The van der Waals surface area contributed by atoms with Crippen molar-refractivity contribution < 1.29 is 31.5 Å². The summed E-state index contributed by atoms with van der Waals surface area (Å²) in [6.45, 7) is 31.3. The van der Waals surface area contributed by atoms with Gasteiger partial charge in [-0.2, -0.15) is 4.40 Å². The summed E-state index contributed by atoms with van der Waals surface area (Å²) in [4.78, 5) is 78.9. The molecule has 612 valence electrons. The number of carbonyl (C=O) groups excluding carboxylic acids is 2. The van der Waals surface area contributed by atoms with Crippen molar-refractivity contribution in [3.8, 4) is 22.3 Å². The van der Waals surface area contributed by atoms with E-state index in [1.54, 1.807) is 130 Å². The maximum Gasteiger partial charge on any atom is 0.495 e. The molecule has 6 heterocycles. The second kappa shape index (κ2) is 39.3. The SMILES string of the molecule is CC(C[S@@](=O)C(C)(C)C)c1cc(=O)n(C)cc1Br.CC1(C)OB(c2ccccc2C(=O)c2ccc(Cl)cc2)OC1(C)C.C[C@@H]1N=C(c2ccc(Cl)cc2)c2ccccc2-c2cn(C)c(=O)cc21.C[C@H](C[S@@](=O)C(C)(C)C)c1cc(=O)n(C)cc1-c1ccccc1C(=O)c1ccc(Cl)cc1.Cn1cc(Br)c(C=N[S@@](=O)C(C)(C)C)cc1=O. The Hall–Kier alpha value is -7.94. The lowest BCUT2D eigenvalue weighted by atomic mass is 9.74. The molecule has 0 N–H and O–H groups in total. The lowest BCUT2D eigenvalue weighted by molar-refractivity contribution is 0.00578. The number of aliphatic imine (C=N–C) groups is 1. The smallest absolute Gasteiger partial charge is 0.399 e. The number of aromatic nitrogens is 4. The van der Waals surface area contributed by atoms with Crippen LogP contribution in [0.1, 0.15) is 194 Å². The average Bonchev–Trinajstić information content (AvgIpc) is 1.61. The number of nitrogens with zero attached hydrogens (tertiary/aromatic N) is 6. The summed E-state index contributed by atoms with van der Waals surface area (Å²) in [6, 6.07) is 50.7. The maximum absolute atomic E-state index is 13.3. The van der Waals surface area contributed by atoms with Gasteiger partial charge in [0.15, 0.2) is 11.6 Å². The third-order valence-electron chi connectivity index (χ3n) is 19.7. The third-order valence-corrected chi connectivity index (χ3v) is 27.5. The summed E-state index contributed by atoms with van der Waals surface area (Å²) in [5.74, 6) is 0.762. The van der Waals surface area contributed by atoms with Crippen LogP contribution in [0.5, 0.6) is 0 Å². The van der Waals surface area contributed by atoms with Crippen molar-refractivity contribution in [1.29, 1.82) is 0 Å². The first-order valence-electron chi connectivity index (χ1n) is 37.5. The van der Waals surface area contributed by atoms with E-state index in [4.69, 9.17) is 49.1 Å². The van der Waals surface area contributed by atoms with Crippen LogP contribution in [-0.2, 0) is 70.1 Å². The minimum Gasteiger partial charge on any atom is -0.399 e. The Morgan fingerprint density at radius 3 is 1.41 bits per heavy atom. The maximum atomic E-state index is 13.3. The first-order chi connectivity index (χ1) is 54.1. The number of halogens is 5. The molecule has 0 aliphatic carbocycles. The van der Waals surface area contributed by atoms with Gasteiger partial charge < -0.3 is 27.6 Å². The number of hydrogen-bond donors (Lipinski definition) is 0. The van der Waals surface area contributed by atoms with Gasteiger partial charge in [-0.1, -0.05) is 134 Å². The highest BCUT2D eigenvalue weighted by Gasteiger charge is 2.52. The van der Waals surface area contributed by atoms with Gasteiger partial charge in [0, 0.05) is 200 Å². The van der Waals surface area contributed by atoms with E-state index in [-0.39, 0.29) is 61.2 Å². The number of fused-ring (bicyclic) bond motifs is 3. The number of hydrogen-bond acceptors (Lipinski definition) is 12. The normalized spacial score (nSPS) is 15.5. The Balaban J connectivity index is 0.000000185. The topological polar surface area (TPSA) is 217 Å². The molecule has 12 rings (SSSR count). The molecule has 0 radical (unpaired) electrons. The van der Waals surface area contributed by atoms with Crippen molar-refractivity contribution in [1.82, 2.24) is 18.3 Å². The van der Waals surface area contributed by atoms with E-state index >= 15 is 0 Å². The number of benzene rings is 6. The zero-order valence-corrected chi connectivity index (χ0v) is 77.0. The van der Waals surface area contributed by atoms with Gasteiger partial charge in [0.1, 0.15) is 11.0 Å². The molecule has 0 amide bonds. The third kappa shape index (κ3) is 24.0. The molecule has 1 saturated heterocycles. The summed E-state index contributed by atoms with van der Waals surface area (Å²) in [5.41, 5.74) is 11.8. The van der Waals surface area contributed by atoms with Crippen molar-refractivity contribution in [2.45, 2.75) is 154 Å². The second-order valence-electron chi connectivity index (χ2n) is 32.5. The van der Waals surface area contributed by atoms with Crippen LogP contribution in [-0.4, -0.2) is 98.5 Å². The molecular weight excluding hydrogens is 1710 g/mol. The zero-order chi connectivity index (χ0) is 86.0. The van der Waals surface area contributed by atoms with Gasteiger partial charge in [0.25, 0.3) is 22.2 Å². The monoisotopic (exact) mass is 1810 g/mol. The fourth-order valence-corrected chi connectivity index (χ4v) is 16.5. The highest BCUT2D eigenvalue weighted by molar-refractivity contribution is 9.10. The highest BCUT2D eigenvalue weighted by Crippen LogP contribution is 2.40. The molecule has 6 atom stereocenters. The van der Waals surface area contributed by atoms with Crippen molar-refractivity contribution in [3.05, 3.63) is 316 Å². The van der Waals surface area contributed by atoms with Crippen LogP contribution in [0.15, 0.2) is 232 Å². The number of carbonyl (C=O) groups is 2. The van der Waals surface area contributed by atoms with Crippen molar-refractivity contribution >= 4 is 135 Å². The molecule has 2 aliphatic rings. The number of pyridine rings is 4. The largest absolute Gasteiger partial charge is 0.495 e. The van der Waals surface area contributed by atoms with Gasteiger partial charge in [-0.05, 0) is 235 Å². The minimum absolute atomic E-state index is 0.0202. The lowest BCUT2D eigenvalue weighted by Gasteiger charge is -2.32. The molecule has 116 heavy (non-hydrogen) atoms. The first-order valence-corrected chi connectivity index (χ1v) is 44.0. The Labute approximate surface area is 720 Å². The molecule has 6 aromatic carbocycles. The van der Waals surface area contributed by atoms with Crippen LogP contribution in [0.4, 0.5) is 0 Å². The van der Waals surface area contributed by atoms with E-state index in [9.17, 15) is 41.4 Å². The standard InChI is InChI=1S/C26H28ClNO3S.C21H17ClN2O.C19H20BClO3.C13H20BrNO2S.C11H15BrN2O2S/c1-17(16-32(31)26(2,3)4)22-14-24(29)28(5)15-23(22)20-8-6-7-9-21(20)25(30)18-10-12-19(27)13-11-18;1-13-18-11-20(25)24(2)12-19(18)16-5-3-4-6-17(16)21(23-13)14-7-9-15(22)10-8-14;1-18(2)19(3,4)24-20(23-18)16-8-6-5-7-15(16)17(22)13-9-11-14(21)12-10-13;1-9(8-18(17)13(2,3)4)10-6-12(16)15(5)7-11(10)14;1-11(2,3)17(16)13-6-8-5-10(15)14(4)7-9(8)12/h6-15,17H,16H2,1-5H3;3-13H,1-2H3;5-12H,1-4H3;6-7,9H,8H2,1-5H3;5-7H,1-4H3/t17-,32-;13-;;9?,18-;17-/m10.10/s1. The van der Waals surface area contributed by atoms with Crippen molar-refractivity contribution in [3.63, 3.8) is 0 Å². The molecule has 0 saturated carbocycles. The summed E-state index contributed by atoms with van der Waals surface area (Å²) >= 11 is 24.7. The van der Waals surface area contributed by atoms with Crippen LogP contribution in [0.25, 0.3) is 22.3 Å². The Bertz CT molecular complexity index is 5650. The second-order valence-corrected chi connectivity index (χ2v) is 41.9. The number of rotatable bonds is 15. The molecule has 4 aromatic heterocycles. The fraction of sp³-hybridized carbons (Fsp3) is 0.333. The van der Waals surface area contributed by atoms with E-state index in [2.05, 4.69) is 48.4 Å². The number of ketones is 2. The van der Waals surface area contributed by atoms with Gasteiger partial charge in [-0.25, -0.2) is 4.21 Å². The Morgan fingerprint density at radius 2 is 0.905 bits per heavy atom. The molecule has 2 aliphatic heterocycles. The van der Waals surface area contributed by atoms with Crippen LogP contribution < -0.4 is 27.7 Å². The molecule has 0 spiro atoms. The molecule has 1 fully saturated rings. The summed E-state index contributed by atoms with van der Waals surface area (Å²) in [6.07, 6.45) is 8.56.